The molecule has 0 saturated carbocycles. The molecule has 0 atom stereocenters. The standard InChI is InChI=1S/C28H32O6/c1-5-6-7-8-18-12-22(29)26(21-11-17(4)9-10-20(21)16(2)3)25(13-18)34-28(33)19-14-23(30)27(32)24(31)15-19/h9-16,29-32H,5-8H2,1-4H3. The number of phenols is 4. The fourth-order valence-corrected chi connectivity index (χ4v) is 4.00. The van der Waals surface area contributed by atoms with Gasteiger partial charge in [-0.2, -0.15) is 0 Å². The Morgan fingerprint density at radius 1 is 0.912 bits per heavy atom. The first kappa shape index (κ1) is 25.0. The summed E-state index contributed by atoms with van der Waals surface area (Å²) in [6.07, 6.45) is 3.75. The van der Waals surface area contributed by atoms with Crippen LogP contribution in [0.5, 0.6) is 28.7 Å². The van der Waals surface area contributed by atoms with E-state index in [1.165, 1.54) is 0 Å². The van der Waals surface area contributed by atoms with Gasteiger partial charge in [0.25, 0.3) is 0 Å². The van der Waals surface area contributed by atoms with Crippen LogP contribution >= 0.6 is 0 Å². The van der Waals surface area contributed by atoms with Gasteiger partial charge in [-0.25, -0.2) is 4.79 Å². The molecule has 0 saturated heterocycles. The molecule has 180 valence electrons. The third-order valence-electron chi connectivity index (χ3n) is 5.82. The van der Waals surface area contributed by atoms with Gasteiger partial charge in [0.1, 0.15) is 11.5 Å². The van der Waals surface area contributed by atoms with Crippen LogP contribution in [0.3, 0.4) is 0 Å². The highest BCUT2D eigenvalue weighted by molar-refractivity contribution is 5.94. The van der Waals surface area contributed by atoms with E-state index >= 15 is 0 Å². The molecule has 0 bridgehead atoms. The van der Waals surface area contributed by atoms with Crippen molar-refractivity contribution in [3.63, 3.8) is 0 Å². The van der Waals surface area contributed by atoms with Crippen molar-refractivity contribution in [1.82, 2.24) is 0 Å². The zero-order valence-corrected chi connectivity index (χ0v) is 20.1. The summed E-state index contributed by atoms with van der Waals surface area (Å²) in [7, 11) is 0. The van der Waals surface area contributed by atoms with E-state index in [1.807, 2.05) is 25.1 Å². The molecule has 4 N–H and O–H groups in total. The van der Waals surface area contributed by atoms with Crippen molar-refractivity contribution in [3.05, 3.63) is 64.7 Å². The minimum absolute atomic E-state index is 0.0145. The SMILES string of the molecule is CCCCCc1cc(O)c(-c2cc(C)ccc2C(C)C)c(OC(=O)c2cc(O)c(O)c(O)c2)c1. The molecule has 0 aliphatic heterocycles. The Bertz CT molecular complexity index is 1170. The molecular formula is C28H32O6. The highest BCUT2D eigenvalue weighted by Crippen LogP contribution is 2.44. The number of benzene rings is 3. The van der Waals surface area contributed by atoms with E-state index in [-0.39, 0.29) is 23.0 Å². The average molecular weight is 465 g/mol. The first-order valence-corrected chi connectivity index (χ1v) is 11.6. The molecule has 3 aromatic rings. The molecule has 0 fully saturated rings. The maximum atomic E-state index is 13.0. The second-order valence-electron chi connectivity index (χ2n) is 8.94. The number of phenolic OH excluding ortho intramolecular Hbond substituents is 4. The minimum Gasteiger partial charge on any atom is -0.507 e. The van der Waals surface area contributed by atoms with Crippen molar-refractivity contribution >= 4 is 5.97 Å². The molecule has 0 radical (unpaired) electrons. The second kappa shape index (κ2) is 10.5. The van der Waals surface area contributed by atoms with Crippen LogP contribution in [-0.4, -0.2) is 26.4 Å². The van der Waals surface area contributed by atoms with Gasteiger partial charge in [-0.05, 0) is 66.6 Å². The van der Waals surface area contributed by atoms with Gasteiger partial charge in [0.15, 0.2) is 17.2 Å². The maximum Gasteiger partial charge on any atom is 0.343 e. The first-order chi connectivity index (χ1) is 16.1. The van der Waals surface area contributed by atoms with Crippen molar-refractivity contribution in [2.45, 2.75) is 59.3 Å². The van der Waals surface area contributed by atoms with Crippen LogP contribution in [0.2, 0.25) is 0 Å². The number of aromatic hydroxyl groups is 4. The van der Waals surface area contributed by atoms with E-state index in [2.05, 4.69) is 20.8 Å². The van der Waals surface area contributed by atoms with Crippen LogP contribution < -0.4 is 4.74 Å². The number of ether oxygens (including phenoxy) is 1. The molecular weight excluding hydrogens is 432 g/mol. The fraction of sp³-hybridized carbons (Fsp3) is 0.321. The highest BCUT2D eigenvalue weighted by atomic mass is 16.5. The van der Waals surface area contributed by atoms with Crippen molar-refractivity contribution in [2.24, 2.45) is 0 Å². The number of esters is 1. The Labute approximate surface area is 200 Å². The molecule has 3 rings (SSSR count). The van der Waals surface area contributed by atoms with Crippen LogP contribution in [0.15, 0.2) is 42.5 Å². The lowest BCUT2D eigenvalue weighted by atomic mass is 9.89. The van der Waals surface area contributed by atoms with Crippen molar-refractivity contribution in [3.8, 4) is 39.9 Å². The molecule has 0 aromatic heterocycles. The van der Waals surface area contributed by atoms with Crippen molar-refractivity contribution < 1.29 is 30.0 Å². The Morgan fingerprint density at radius 2 is 1.59 bits per heavy atom. The van der Waals surface area contributed by atoms with E-state index in [0.717, 1.165) is 60.1 Å². The molecule has 34 heavy (non-hydrogen) atoms. The van der Waals surface area contributed by atoms with Gasteiger partial charge in [0.05, 0.1) is 11.1 Å². The summed E-state index contributed by atoms with van der Waals surface area (Å²) in [4.78, 5) is 13.0. The molecule has 0 aliphatic rings. The number of aryl methyl sites for hydroxylation is 2. The third-order valence-corrected chi connectivity index (χ3v) is 5.82. The quantitative estimate of drug-likeness (QED) is 0.130. The minimum atomic E-state index is -0.837. The van der Waals surface area contributed by atoms with E-state index in [1.54, 1.807) is 12.1 Å². The Balaban J connectivity index is 2.14. The van der Waals surface area contributed by atoms with Crippen molar-refractivity contribution in [1.29, 1.82) is 0 Å². The highest BCUT2D eigenvalue weighted by Gasteiger charge is 2.22. The van der Waals surface area contributed by atoms with Crippen LogP contribution in [0, 0.1) is 6.92 Å². The van der Waals surface area contributed by atoms with E-state index in [4.69, 9.17) is 4.74 Å². The topological polar surface area (TPSA) is 107 Å². The van der Waals surface area contributed by atoms with Gasteiger partial charge >= 0.3 is 5.97 Å². The Hall–Kier alpha value is -3.67. The van der Waals surface area contributed by atoms with E-state index in [0.29, 0.717) is 5.56 Å². The molecule has 6 heteroatoms. The number of hydrogen-bond donors (Lipinski definition) is 4. The van der Waals surface area contributed by atoms with Crippen LogP contribution in [0.4, 0.5) is 0 Å². The van der Waals surface area contributed by atoms with Gasteiger partial charge < -0.3 is 25.2 Å². The summed E-state index contributed by atoms with van der Waals surface area (Å²) in [6.45, 7) is 8.18. The van der Waals surface area contributed by atoms with E-state index < -0.39 is 23.2 Å². The summed E-state index contributed by atoms with van der Waals surface area (Å²) in [5.74, 6) is -2.45. The molecule has 0 heterocycles. The smallest absolute Gasteiger partial charge is 0.343 e. The van der Waals surface area contributed by atoms with Crippen LogP contribution in [0.1, 0.15) is 73.0 Å². The van der Waals surface area contributed by atoms with Gasteiger partial charge in [-0.3, -0.25) is 0 Å². The van der Waals surface area contributed by atoms with Gasteiger partial charge in [-0.15, -0.1) is 0 Å². The monoisotopic (exact) mass is 464 g/mol. The largest absolute Gasteiger partial charge is 0.507 e. The van der Waals surface area contributed by atoms with Gasteiger partial charge in [-0.1, -0.05) is 57.4 Å². The molecule has 0 spiro atoms. The van der Waals surface area contributed by atoms with Gasteiger partial charge in [0, 0.05) is 0 Å². The zero-order valence-electron chi connectivity index (χ0n) is 20.1. The lowest BCUT2D eigenvalue weighted by Gasteiger charge is -2.19. The fourth-order valence-electron chi connectivity index (χ4n) is 4.00. The summed E-state index contributed by atoms with van der Waals surface area (Å²) in [6, 6.07) is 11.5. The molecule has 0 aliphatic carbocycles. The predicted octanol–water partition coefficient (Wildman–Crippen LogP) is 6.56. The van der Waals surface area contributed by atoms with Gasteiger partial charge in [0.2, 0.25) is 0 Å². The number of unbranched alkanes of at least 4 members (excludes halogenated alkanes) is 2. The predicted molar refractivity (Wildman–Crippen MR) is 132 cm³/mol. The summed E-state index contributed by atoms with van der Waals surface area (Å²) < 4.78 is 5.74. The first-order valence-electron chi connectivity index (χ1n) is 11.6. The number of hydrogen-bond acceptors (Lipinski definition) is 6. The second-order valence-corrected chi connectivity index (χ2v) is 8.94. The summed E-state index contributed by atoms with van der Waals surface area (Å²) >= 11 is 0. The summed E-state index contributed by atoms with van der Waals surface area (Å²) in [5, 5.41) is 40.3. The normalized spacial score (nSPS) is 11.1. The summed E-state index contributed by atoms with van der Waals surface area (Å²) in [5.41, 5.74) is 3.88. The van der Waals surface area contributed by atoms with Crippen LogP contribution in [0.25, 0.3) is 11.1 Å². The number of carbonyl (C=O) groups excluding carboxylic acids is 1. The van der Waals surface area contributed by atoms with Crippen LogP contribution in [-0.2, 0) is 6.42 Å². The maximum absolute atomic E-state index is 13.0. The lowest BCUT2D eigenvalue weighted by molar-refractivity contribution is 0.0734. The third kappa shape index (κ3) is 5.45. The molecule has 3 aromatic carbocycles. The Kier molecular flexibility index (Phi) is 7.72. The van der Waals surface area contributed by atoms with E-state index in [9.17, 15) is 25.2 Å². The number of carbonyl (C=O) groups is 1. The Morgan fingerprint density at radius 3 is 2.21 bits per heavy atom. The molecule has 6 nitrogen and oxygen atoms in total. The molecule has 0 amide bonds. The average Bonchev–Trinajstić information content (AvgIpc) is 2.76. The zero-order chi connectivity index (χ0) is 25.0. The molecule has 0 unspecified atom stereocenters. The lowest BCUT2D eigenvalue weighted by Crippen LogP contribution is -2.10. The number of rotatable bonds is 8. The van der Waals surface area contributed by atoms with Crippen molar-refractivity contribution in [2.75, 3.05) is 0 Å².